The van der Waals surface area contributed by atoms with E-state index >= 15 is 0 Å². The van der Waals surface area contributed by atoms with Crippen molar-refractivity contribution in [3.63, 3.8) is 0 Å². The smallest absolute Gasteiger partial charge is 0.0840 e. The second-order valence-corrected chi connectivity index (χ2v) is 7.15. The van der Waals surface area contributed by atoms with Crippen molar-refractivity contribution in [2.45, 2.75) is 96.7 Å². The third-order valence-corrected chi connectivity index (χ3v) is 5.59. The van der Waals surface area contributed by atoms with Gasteiger partial charge in [-0.3, -0.25) is 0 Å². The maximum atomic E-state index is 6.22. The summed E-state index contributed by atoms with van der Waals surface area (Å²) in [5.74, 6) is 1.63. The van der Waals surface area contributed by atoms with E-state index in [2.05, 4.69) is 13.8 Å². The number of ether oxygens (including phenoxy) is 2. The van der Waals surface area contributed by atoms with E-state index in [1.165, 1.54) is 70.6 Å². The molecule has 2 aliphatic rings. The Kier molecular flexibility index (Phi) is 8.10. The summed E-state index contributed by atoms with van der Waals surface area (Å²) in [6.07, 6.45) is 15.6. The van der Waals surface area contributed by atoms with Gasteiger partial charge in [-0.2, -0.15) is 0 Å². The highest BCUT2D eigenvalue weighted by molar-refractivity contribution is 4.83. The second kappa shape index (κ2) is 9.84. The number of hydrogen-bond acceptors (Lipinski definition) is 2. The molecule has 2 fully saturated rings. The lowest BCUT2D eigenvalue weighted by Crippen LogP contribution is -2.43. The van der Waals surface area contributed by atoms with Crippen molar-refractivity contribution in [3.8, 4) is 0 Å². The van der Waals surface area contributed by atoms with Crippen LogP contribution in [-0.2, 0) is 9.47 Å². The molecule has 21 heavy (non-hydrogen) atoms. The zero-order chi connectivity index (χ0) is 14.9. The zero-order valence-corrected chi connectivity index (χ0v) is 14.3. The maximum absolute atomic E-state index is 6.22. The van der Waals surface area contributed by atoms with E-state index in [0.717, 1.165) is 25.0 Å². The van der Waals surface area contributed by atoms with Gasteiger partial charge in [0.05, 0.1) is 25.4 Å². The van der Waals surface area contributed by atoms with Gasteiger partial charge >= 0.3 is 0 Å². The molecule has 0 bridgehead atoms. The molecule has 2 nitrogen and oxygen atoms in total. The summed E-state index contributed by atoms with van der Waals surface area (Å²) in [5.41, 5.74) is 0. The SMILES string of the molecule is CCCCCCCC1COC(C2CCCCC2CC)CO1. The Morgan fingerprint density at radius 3 is 2.38 bits per heavy atom. The minimum Gasteiger partial charge on any atom is -0.373 e. The van der Waals surface area contributed by atoms with Crippen LogP contribution >= 0.6 is 0 Å². The van der Waals surface area contributed by atoms with Gasteiger partial charge in [-0.15, -0.1) is 0 Å². The number of hydrogen-bond donors (Lipinski definition) is 0. The molecule has 4 unspecified atom stereocenters. The molecule has 0 amide bonds. The van der Waals surface area contributed by atoms with Gasteiger partial charge in [-0.05, 0) is 24.7 Å². The minimum absolute atomic E-state index is 0.367. The molecule has 2 rings (SSSR count). The highest BCUT2D eigenvalue weighted by Crippen LogP contribution is 2.36. The first-order valence-corrected chi connectivity index (χ1v) is 9.58. The molecular weight excluding hydrogens is 260 g/mol. The molecule has 0 aromatic heterocycles. The van der Waals surface area contributed by atoms with E-state index in [1.807, 2.05) is 0 Å². The van der Waals surface area contributed by atoms with Gasteiger partial charge in [0.15, 0.2) is 0 Å². The molecule has 124 valence electrons. The lowest BCUT2D eigenvalue weighted by atomic mass is 9.75. The maximum Gasteiger partial charge on any atom is 0.0840 e. The Balaban J connectivity index is 1.63. The van der Waals surface area contributed by atoms with Crippen molar-refractivity contribution in [1.82, 2.24) is 0 Å². The minimum atomic E-state index is 0.367. The van der Waals surface area contributed by atoms with Crippen molar-refractivity contribution in [2.75, 3.05) is 13.2 Å². The van der Waals surface area contributed by atoms with E-state index in [4.69, 9.17) is 9.47 Å². The average Bonchev–Trinajstić information content (AvgIpc) is 2.55. The van der Waals surface area contributed by atoms with E-state index < -0.39 is 0 Å². The number of rotatable bonds is 8. The van der Waals surface area contributed by atoms with Gasteiger partial charge in [0.1, 0.15) is 0 Å². The first-order chi connectivity index (χ1) is 10.3. The highest BCUT2D eigenvalue weighted by Gasteiger charge is 2.34. The van der Waals surface area contributed by atoms with Crippen molar-refractivity contribution in [1.29, 1.82) is 0 Å². The molecule has 0 aromatic carbocycles. The molecular formula is C19H36O2. The topological polar surface area (TPSA) is 18.5 Å². The Hall–Kier alpha value is -0.0800. The van der Waals surface area contributed by atoms with Crippen LogP contribution in [0.15, 0.2) is 0 Å². The predicted octanol–water partition coefficient (Wildman–Crippen LogP) is 5.35. The predicted molar refractivity (Wildman–Crippen MR) is 88.6 cm³/mol. The molecule has 4 atom stereocenters. The van der Waals surface area contributed by atoms with Crippen molar-refractivity contribution >= 4 is 0 Å². The van der Waals surface area contributed by atoms with E-state index in [-0.39, 0.29) is 0 Å². The van der Waals surface area contributed by atoms with Crippen LogP contribution in [0.3, 0.4) is 0 Å². The molecule has 0 N–H and O–H groups in total. The molecule has 0 spiro atoms. The Morgan fingerprint density at radius 1 is 0.857 bits per heavy atom. The van der Waals surface area contributed by atoms with E-state index in [0.29, 0.717) is 12.2 Å². The van der Waals surface area contributed by atoms with Crippen LogP contribution in [0.25, 0.3) is 0 Å². The zero-order valence-electron chi connectivity index (χ0n) is 14.3. The fourth-order valence-electron chi connectivity index (χ4n) is 4.18. The summed E-state index contributed by atoms with van der Waals surface area (Å²) in [5, 5.41) is 0. The Labute approximate surface area is 132 Å². The first-order valence-electron chi connectivity index (χ1n) is 9.58. The van der Waals surface area contributed by atoms with Crippen molar-refractivity contribution in [3.05, 3.63) is 0 Å². The fraction of sp³-hybridized carbons (Fsp3) is 1.00. The third-order valence-electron chi connectivity index (χ3n) is 5.59. The van der Waals surface area contributed by atoms with Gasteiger partial charge < -0.3 is 9.47 Å². The monoisotopic (exact) mass is 296 g/mol. The third kappa shape index (κ3) is 5.56. The standard InChI is InChI=1S/C19H36O2/c1-3-5-6-7-8-12-17-14-21-19(15-20-17)18-13-10-9-11-16(18)4-2/h16-19H,3-15H2,1-2H3. The molecule has 1 aliphatic carbocycles. The normalized spacial score (nSPS) is 34.0. The van der Waals surface area contributed by atoms with Gasteiger partial charge in [0.25, 0.3) is 0 Å². The van der Waals surface area contributed by atoms with Crippen LogP contribution in [0.2, 0.25) is 0 Å². The van der Waals surface area contributed by atoms with Crippen molar-refractivity contribution in [2.24, 2.45) is 11.8 Å². The first kappa shape index (κ1) is 17.3. The Morgan fingerprint density at radius 2 is 1.67 bits per heavy atom. The second-order valence-electron chi connectivity index (χ2n) is 7.15. The van der Waals surface area contributed by atoms with E-state index in [1.54, 1.807) is 0 Å². The Bertz CT molecular complexity index is 258. The van der Waals surface area contributed by atoms with Gasteiger partial charge in [0, 0.05) is 0 Å². The van der Waals surface area contributed by atoms with Crippen LogP contribution in [0.4, 0.5) is 0 Å². The molecule has 1 heterocycles. The van der Waals surface area contributed by atoms with Crippen LogP contribution in [-0.4, -0.2) is 25.4 Å². The summed E-state index contributed by atoms with van der Waals surface area (Å²) in [6.45, 7) is 6.30. The summed E-state index contributed by atoms with van der Waals surface area (Å²) in [4.78, 5) is 0. The summed E-state index contributed by atoms with van der Waals surface area (Å²) in [6, 6.07) is 0. The molecule has 2 heteroatoms. The van der Waals surface area contributed by atoms with E-state index in [9.17, 15) is 0 Å². The molecule has 0 aromatic rings. The largest absolute Gasteiger partial charge is 0.373 e. The highest BCUT2D eigenvalue weighted by atomic mass is 16.6. The van der Waals surface area contributed by atoms with Crippen LogP contribution in [0, 0.1) is 11.8 Å². The average molecular weight is 296 g/mol. The van der Waals surface area contributed by atoms with Gasteiger partial charge in [-0.1, -0.05) is 71.6 Å². The van der Waals surface area contributed by atoms with Crippen molar-refractivity contribution < 1.29 is 9.47 Å². The van der Waals surface area contributed by atoms with Crippen LogP contribution < -0.4 is 0 Å². The summed E-state index contributed by atoms with van der Waals surface area (Å²) < 4.78 is 12.3. The quantitative estimate of drug-likeness (QED) is 0.562. The van der Waals surface area contributed by atoms with Crippen LogP contribution in [0.5, 0.6) is 0 Å². The number of unbranched alkanes of at least 4 members (excludes halogenated alkanes) is 4. The molecule has 1 aliphatic heterocycles. The molecule has 1 saturated heterocycles. The lowest BCUT2D eigenvalue weighted by Gasteiger charge is -2.40. The van der Waals surface area contributed by atoms with Crippen LogP contribution in [0.1, 0.15) is 84.5 Å². The summed E-state index contributed by atoms with van der Waals surface area (Å²) in [7, 11) is 0. The fourth-order valence-corrected chi connectivity index (χ4v) is 4.18. The van der Waals surface area contributed by atoms with Gasteiger partial charge in [0.2, 0.25) is 0 Å². The molecule has 0 radical (unpaired) electrons. The van der Waals surface area contributed by atoms with Gasteiger partial charge in [-0.25, -0.2) is 0 Å². The lowest BCUT2D eigenvalue weighted by molar-refractivity contribution is -0.163. The molecule has 1 saturated carbocycles. The summed E-state index contributed by atoms with van der Waals surface area (Å²) >= 11 is 0.